The highest BCUT2D eigenvalue weighted by atomic mass is 19.1. The maximum atomic E-state index is 13.3. The van der Waals surface area contributed by atoms with E-state index in [1.54, 1.807) is 23.7 Å². The standard InChI is InChI=1S/C21H17FN4O2/c1-2-21(15-6-8-16(22)9-7-15)19(27)26(20(28)24-21)13-14-12-25-10-4-3-5-18(25)17(14)11-23/h3-10,12H,2,13H2,1H3,(H,24,28). The number of amides is 3. The van der Waals surface area contributed by atoms with Gasteiger partial charge in [0, 0.05) is 18.0 Å². The number of nitriles is 1. The van der Waals surface area contributed by atoms with Gasteiger partial charge in [-0.05, 0) is 36.2 Å². The van der Waals surface area contributed by atoms with Crippen molar-refractivity contribution in [2.45, 2.75) is 25.4 Å². The second-order valence-corrected chi connectivity index (χ2v) is 6.72. The van der Waals surface area contributed by atoms with Crippen molar-refractivity contribution < 1.29 is 14.0 Å². The van der Waals surface area contributed by atoms with Crippen LogP contribution in [0.5, 0.6) is 0 Å². The third-order valence-electron chi connectivity index (χ3n) is 5.25. The van der Waals surface area contributed by atoms with Crippen LogP contribution in [0, 0.1) is 17.1 Å². The molecule has 1 saturated heterocycles. The molecular weight excluding hydrogens is 359 g/mol. The number of aromatic nitrogens is 1. The first-order valence-corrected chi connectivity index (χ1v) is 8.89. The topological polar surface area (TPSA) is 77.6 Å². The quantitative estimate of drug-likeness (QED) is 0.710. The Bertz CT molecular complexity index is 1130. The lowest BCUT2D eigenvalue weighted by molar-refractivity contribution is -0.132. The van der Waals surface area contributed by atoms with Gasteiger partial charge in [0.1, 0.15) is 17.4 Å². The van der Waals surface area contributed by atoms with Crippen molar-refractivity contribution in [3.63, 3.8) is 0 Å². The average Bonchev–Trinajstić information content (AvgIpc) is 3.18. The number of carbonyl (C=O) groups excluding carboxylic acids is 2. The lowest BCUT2D eigenvalue weighted by Crippen LogP contribution is -2.43. The summed E-state index contributed by atoms with van der Waals surface area (Å²) in [4.78, 5) is 27.0. The largest absolute Gasteiger partial charge is 0.325 e. The highest BCUT2D eigenvalue weighted by Crippen LogP contribution is 2.34. The van der Waals surface area contributed by atoms with Crippen LogP contribution in [-0.4, -0.2) is 21.2 Å². The summed E-state index contributed by atoms with van der Waals surface area (Å²) >= 11 is 0. The van der Waals surface area contributed by atoms with Crippen molar-refractivity contribution >= 4 is 17.5 Å². The molecule has 1 aromatic carbocycles. The monoisotopic (exact) mass is 376 g/mol. The minimum absolute atomic E-state index is 0.0157. The fraction of sp³-hybridized carbons (Fsp3) is 0.190. The van der Waals surface area contributed by atoms with Crippen LogP contribution in [0.15, 0.2) is 54.9 Å². The molecule has 0 aliphatic carbocycles. The van der Waals surface area contributed by atoms with Gasteiger partial charge in [-0.15, -0.1) is 0 Å². The van der Waals surface area contributed by atoms with Crippen molar-refractivity contribution in [1.29, 1.82) is 5.26 Å². The van der Waals surface area contributed by atoms with E-state index in [9.17, 15) is 19.2 Å². The predicted molar refractivity (Wildman–Crippen MR) is 99.6 cm³/mol. The summed E-state index contributed by atoms with van der Waals surface area (Å²) in [5, 5.41) is 12.3. The lowest BCUT2D eigenvalue weighted by atomic mass is 9.87. The number of fused-ring (bicyclic) bond motifs is 1. The number of nitrogens with one attached hydrogen (secondary N) is 1. The first-order valence-electron chi connectivity index (χ1n) is 8.89. The summed E-state index contributed by atoms with van der Waals surface area (Å²) in [5.74, 6) is -0.825. The molecule has 6 nitrogen and oxygen atoms in total. The Kier molecular flexibility index (Phi) is 4.12. The molecule has 1 fully saturated rings. The number of urea groups is 1. The van der Waals surface area contributed by atoms with Crippen LogP contribution in [0.4, 0.5) is 9.18 Å². The Morgan fingerprint density at radius 3 is 2.61 bits per heavy atom. The molecule has 0 spiro atoms. The summed E-state index contributed by atoms with van der Waals surface area (Å²) in [6, 6.07) is 12.6. The van der Waals surface area contributed by atoms with Gasteiger partial charge in [-0.2, -0.15) is 5.26 Å². The maximum absolute atomic E-state index is 13.3. The number of rotatable bonds is 4. The number of hydrogen-bond acceptors (Lipinski definition) is 3. The van der Waals surface area contributed by atoms with Gasteiger partial charge in [0.15, 0.2) is 0 Å². The second kappa shape index (κ2) is 6.50. The van der Waals surface area contributed by atoms with Gasteiger partial charge < -0.3 is 9.72 Å². The Hall–Kier alpha value is -3.66. The van der Waals surface area contributed by atoms with Gasteiger partial charge in [-0.25, -0.2) is 9.18 Å². The van der Waals surface area contributed by atoms with Gasteiger partial charge in [0.25, 0.3) is 5.91 Å². The number of benzene rings is 1. The van der Waals surface area contributed by atoms with Crippen LogP contribution in [0.1, 0.15) is 30.0 Å². The van der Waals surface area contributed by atoms with Crippen LogP contribution in [0.2, 0.25) is 0 Å². The number of halogens is 1. The van der Waals surface area contributed by atoms with E-state index >= 15 is 0 Å². The second-order valence-electron chi connectivity index (χ2n) is 6.72. The maximum Gasteiger partial charge on any atom is 0.325 e. The molecule has 1 aliphatic rings. The zero-order chi connectivity index (χ0) is 19.9. The van der Waals surface area contributed by atoms with Gasteiger partial charge in [-0.1, -0.05) is 25.1 Å². The van der Waals surface area contributed by atoms with Crippen molar-refractivity contribution in [3.8, 4) is 6.07 Å². The number of pyridine rings is 1. The third kappa shape index (κ3) is 2.54. The fourth-order valence-corrected chi connectivity index (χ4v) is 3.74. The molecule has 1 unspecified atom stereocenters. The normalized spacial score (nSPS) is 19.1. The fourth-order valence-electron chi connectivity index (χ4n) is 3.74. The van der Waals surface area contributed by atoms with Crippen molar-refractivity contribution in [2.24, 2.45) is 0 Å². The van der Waals surface area contributed by atoms with E-state index in [0.29, 0.717) is 28.6 Å². The molecule has 7 heteroatoms. The van der Waals surface area contributed by atoms with Gasteiger partial charge in [0.2, 0.25) is 0 Å². The lowest BCUT2D eigenvalue weighted by Gasteiger charge is -2.25. The molecule has 3 heterocycles. The SMILES string of the molecule is CCC1(c2ccc(F)cc2)NC(=O)N(Cc2cn3ccccc3c2C#N)C1=O. The summed E-state index contributed by atoms with van der Waals surface area (Å²) in [6.07, 6.45) is 3.88. The molecule has 1 aliphatic heterocycles. The molecular formula is C21H17FN4O2. The number of imide groups is 1. The third-order valence-corrected chi connectivity index (χ3v) is 5.25. The van der Waals surface area contributed by atoms with Crippen LogP contribution in [-0.2, 0) is 16.9 Å². The average molecular weight is 376 g/mol. The van der Waals surface area contributed by atoms with E-state index in [2.05, 4.69) is 11.4 Å². The minimum Gasteiger partial charge on any atom is -0.322 e. The van der Waals surface area contributed by atoms with Crippen molar-refractivity contribution in [3.05, 3.63) is 77.4 Å². The molecule has 3 amide bonds. The molecule has 28 heavy (non-hydrogen) atoms. The Morgan fingerprint density at radius 1 is 1.18 bits per heavy atom. The zero-order valence-corrected chi connectivity index (χ0v) is 15.1. The van der Waals surface area contributed by atoms with E-state index in [1.807, 2.05) is 18.2 Å². The van der Waals surface area contributed by atoms with Crippen molar-refractivity contribution in [1.82, 2.24) is 14.6 Å². The molecule has 3 aromatic rings. The number of nitrogens with zero attached hydrogens (tertiary/aromatic N) is 3. The summed E-state index contributed by atoms with van der Waals surface area (Å²) in [6.45, 7) is 1.77. The predicted octanol–water partition coefficient (Wildman–Crippen LogP) is 3.31. The van der Waals surface area contributed by atoms with Crippen LogP contribution < -0.4 is 5.32 Å². The Morgan fingerprint density at radius 2 is 1.93 bits per heavy atom. The van der Waals surface area contributed by atoms with Crippen molar-refractivity contribution in [2.75, 3.05) is 0 Å². The van der Waals surface area contributed by atoms with Gasteiger partial charge in [-0.3, -0.25) is 9.69 Å². The summed E-state index contributed by atoms with van der Waals surface area (Å²) < 4.78 is 15.1. The molecule has 1 atom stereocenters. The number of carbonyl (C=O) groups is 2. The molecule has 0 radical (unpaired) electrons. The van der Waals surface area contributed by atoms with Gasteiger partial charge >= 0.3 is 6.03 Å². The minimum atomic E-state index is -1.24. The first kappa shape index (κ1) is 17.7. The van der Waals surface area contributed by atoms with Gasteiger partial charge in [0.05, 0.1) is 17.6 Å². The Labute approximate surface area is 160 Å². The van der Waals surface area contributed by atoms with E-state index in [0.717, 1.165) is 4.90 Å². The van der Waals surface area contributed by atoms with Crippen LogP contribution in [0.3, 0.4) is 0 Å². The molecule has 140 valence electrons. The number of hydrogen-bond donors (Lipinski definition) is 1. The van der Waals surface area contributed by atoms with E-state index in [4.69, 9.17) is 0 Å². The first-order chi connectivity index (χ1) is 13.5. The molecule has 2 aromatic heterocycles. The summed E-state index contributed by atoms with van der Waals surface area (Å²) in [5.41, 5.74) is 1.02. The molecule has 4 rings (SSSR count). The van der Waals surface area contributed by atoms with Crippen LogP contribution >= 0.6 is 0 Å². The highest BCUT2D eigenvalue weighted by molar-refractivity contribution is 6.07. The molecule has 0 bridgehead atoms. The highest BCUT2D eigenvalue weighted by Gasteiger charge is 2.51. The smallest absolute Gasteiger partial charge is 0.322 e. The Balaban J connectivity index is 1.72. The molecule has 0 saturated carbocycles. The van der Waals surface area contributed by atoms with Crippen LogP contribution in [0.25, 0.3) is 5.52 Å². The summed E-state index contributed by atoms with van der Waals surface area (Å²) in [7, 11) is 0. The van der Waals surface area contributed by atoms with E-state index < -0.39 is 23.3 Å². The zero-order valence-electron chi connectivity index (χ0n) is 15.1. The van der Waals surface area contributed by atoms with E-state index in [1.165, 1.54) is 24.3 Å². The van der Waals surface area contributed by atoms with E-state index in [-0.39, 0.29) is 6.54 Å². The molecule has 1 N–H and O–H groups in total.